The van der Waals surface area contributed by atoms with Crippen molar-refractivity contribution >= 4 is 8.07 Å². The minimum atomic E-state index is -1.37. The molecule has 0 aromatic carbocycles. The Hall–Kier alpha value is -0.323. The molecule has 1 fully saturated rings. The van der Waals surface area contributed by atoms with Crippen molar-refractivity contribution in [1.29, 1.82) is 0 Å². The first-order valence-electron chi connectivity index (χ1n) is 8.32. The van der Waals surface area contributed by atoms with Crippen LogP contribution in [0.4, 0.5) is 0 Å². The van der Waals surface area contributed by atoms with Crippen LogP contribution in [0.15, 0.2) is 11.5 Å². The first-order valence-corrected chi connectivity index (χ1v) is 11.8. The van der Waals surface area contributed by atoms with E-state index < -0.39 is 8.07 Å². The number of rotatable bonds is 6. The fourth-order valence-electron chi connectivity index (χ4n) is 3.20. The molecule has 1 saturated carbocycles. The van der Waals surface area contributed by atoms with Gasteiger partial charge in [0, 0.05) is 12.6 Å². The summed E-state index contributed by atoms with van der Waals surface area (Å²) in [5, 5.41) is 12.6. The van der Waals surface area contributed by atoms with Crippen LogP contribution < -0.4 is 0 Å². The van der Waals surface area contributed by atoms with E-state index in [0.29, 0.717) is 18.7 Å². The number of hydrogen-bond donors (Lipinski definition) is 1. The Morgan fingerprint density at radius 3 is 2.50 bits per heavy atom. The van der Waals surface area contributed by atoms with Gasteiger partial charge in [0.15, 0.2) is 0 Å². The van der Waals surface area contributed by atoms with Gasteiger partial charge in [-0.05, 0) is 38.2 Å². The molecule has 0 amide bonds. The zero-order valence-electron chi connectivity index (χ0n) is 13.4. The molecule has 0 aromatic rings. The van der Waals surface area contributed by atoms with Crippen molar-refractivity contribution < 1.29 is 9.94 Å². The molecule has 0 saturated heterocycles. The van der Waals surface area contributed by atoms with Crippen molar-refractivity contribution in [3.63, 3.8) is 0 Å². The van der Waals surface area contributed by atoms with Crippen molar-refractivity contribution in [2.45, 2.75) is 83.1 Å². The van der Waals surface area contributed by atoms with E-state index in [1.165, 1.54) is 37.5 Å². The summed E-state index contributed by atoms with van der Waals surface area (Å²) < 4.78 is 0. The van der Waals surface area contributed by atoms with Crippen LogP contribution in [0.2, 0.25) is 19.6 Å². The second kappa shape index (κ2) is 7.10. The molecule has 0 spiro atoms. The van der Waals surface area contributed by atoms with Gasteiger partial charge in [-0.1, -0.05) is 38.9 Å². The highest BCUT2D eigenvalue weighted by Gasteiger charge is 2.37. The van der Waals surface area contributed by atoms with Gasteiger partial charge in [0.1, 0.15) is 8.07 Å². The Balaban J connectivity index is 2.01. The highest BCUT2D eigenvalue weighted by Crippen LogP contribution is 2.34. The van der Waals surface area contributed by atoms with Gasteiger partial charge in [-0.25, -0.2) is 0 Å². The zero-order chi connectivity index (χ0) is 14.6. The number of hydrogen-bond acceptors (Lipinski definition) is 3. The molecule has 3 nitrogen and oxygen atoms in total. The fourth-order valence-corrected chi connectivity index (χ4v) is 4.28. The van der Waals surface area contributed by atoms with Crippen LogP contribution >= 0.6 is 0 Å². The maximum atomic E-state index is 8.98. The lowest BCUT2D eigenvalue weighted by Crippen LogP contribution is -2.40. The summed E-state index contributed by atoms with van der Waals surface area (Å²) in [5.41, 5.74) is 0. The highest BCUT2D eigenvalue weighted by molar-refractivity contribution is 6.82. The molecular weight excluding hydrogens is 266 g/mol. The van der Waals surface area contributed by atoms with Crippen molar-refractivity contribution in [3.8, 4) is 0 Å². The fraction of sp³-hybridized carbons (Fsp3) is 0.875. The third-order valence-electron chi connectivity index (χ3n) is 4.46. The van der Waals surface area contributed by atoms with E-state index in [0.717, 1.165) is 19.3 Å². The monoisotopic (exact) mass is 297 g/mol. The predicted molar refractivity (Wildman–Crippen MR) is 86.0 cm³/mol. The lowest BCUT2D eigenvalue weighted by atomic mass is 9.94. The van der Waals surface area contributed by atoms with Gasteiger partial charge < -0.3 is 9.94 Å². The topological polar surface area (TPSA) is 32.7 Å². The number of nitrogens with zero attached hydrogens (tertiary/aromatic N) is 1. The number of aliphatic hydroxyl groups excluding tert-OH is 1. The molecule has 20 heavy (non-hydrogen) atoms. The predicted octanol–water partition coefficient (Wildman–Crippen LogP) is 3.86. The van der Waals surface area contributed by atoms with Gasteiger partial charge in [-0.15, -0.1) is 5.06 Å². The zero-order valence-corrected chi connectivity index (χ0v) is 14.4. The standard InChI is InChI=1S/C16H31NO2Si/c1-20(2,3)16-13-15(11-7-8-12-18)17(19-16)14-9-5-4-6-10-14/h13-15,18H,4-12H2,1-3H3/t15-/m1/s1. The first-order chi connectivity index (χ1) is 9.52. The van der Waals surface area contributed by atoms with Crippen molar-refractivity contribution in [2.75, 3.05) is 6.61 Å². The Morgan fingerprint density at radius 1 is 1.20 bits per heavy atom. The molecule has 0 aromatic heterocycles. The van der Waals surface area contributed by atoms with Gasteiger partial charge in [-0.3, -0.25) is 0 Å². The Labute approximate surface area is 125 Å². The van der Waals surface area contributed by atoms with Gasteiger partial charge in [0.05, 0.1) is 11.4 Å². The minimum absolute atomic E-state index is 0.307. The Kier molecular flexibility index (Phi) is 5.70. The molecule has 1 aliphatic heterocycles. The lowest BCUT2D eigenvalue weighted by Gasteiger charge is -2.35. The van der Waals surface area contributed by atoms with Crippen LogP contribution in [-0.4, -0.2) is 36.9 Å². The van der Waals surface area contributed by atoms with E-state index in [2.05, 4.69) is 30.8 Å². The molecule has 1 atom stereocenters. The molecule has 116 valence electrons. The molecule has 0 bridgehead atoms. The van der Waals surface area contributed by atoms with Gasteiger partial charge in [0.25, 0.3) is 0 Å². The van der Waals surface area contributed by atoms with E-state index in [1.807, 2.05) is 0 Å². The summed E-state index contributed by atoms with van der Waals surface area (Å²) in [5.74, 6) is 0. The average molecular weight is 298 g/mol. The lowest BCUT2D eigenvalue weighted by molar-refractivity contribution is -0.152. The molecule has 0 radical (unpaired) electrons. The van der Waals surface area contributed by atoms with Crippen LogP contribution in [0.5, 0.6) is 0 Å². The SMILES string of the molecule is C[Si](C)(C)C1=C[C@@H](CCCCO)N(C2CCCCC2)O1. The molecule has 2 aliphatic rings. The second-order valence-corrected chi connectivity index (χ2v) is 12.3. The quantitative estimate of drug-likeness (QED) is 0.597. The normalized spacial score (nSPS) is 25.6. The van der Waals surface area contributed by atoms with E-state index in [9.17, 15) is 0 Å². The smallest absolute Gasteiger partial charge is 0.125 e. The maximum Gasteiger partial charge on any atom is 0.125 e. The summed E-state index contributed by atoms with van der Waals surface area (Å²) in [7, 11) is -1.37. The van der Waals surface area contributed by atoms with E-state index in [1.54, 1.807) is 0 Å². The first kappa shape index (κ1) is 16.1. The Morgan fingerprint density at radius 2 is 1.90 bits per heavy atom. The minimum Gasteiger partial charge on any atom is -0.415 e. The summed E-state index contributed by atoms with van der Waals surface area (Å²) in [6.07, 6.45) is 12.1. The number of hydroxylamine groups is 2. The number of aliphatic hydroxyl groups is 1. The van der Waals surface area contributed by atoms with E-state index >= 15 is 0 Å². The van der Waals surface area contributed by atoms with E-state index in [-0.39, 0.29) is 0 Å². The van der Waals surface area contributed by atoms with Crippen molar-refractivity contribution in [1.82, 2.24) is 5.06 Å². The molecule has 1 aliphatic carbocycles. The van der Waals surface area contributed by atoms with Gasteiger partial charge in [-0.2, -0.15) is 0 Å². The van der Waals surface area contributed by atoms with Crippen LogP contribution in [-0.2, 0) is 4.84 Å². The second-order valence-electron chi connectivity index (χ2n) is 7.31. The van der Waals surface area contributed by atoms with Crippen LogP contribution in [0.25, 0.3) is 0 Å². The molecular formula is C16H31NO2Si. The highest BCUT2D eigenvalue weighted by atomic mass is 28.3. The third-order valence-corrected chi connectivity index (χ3v) is 6.19. The van der Waals surface area contributed by atoms with E-state index in [4.69, 9.17) is 9.94 Å². The van der Waals surface area contributed by atoms with Gasteiger partial charge >= 0.3 is 0 Å². The third kappa shape index (κ3) is 4.09. The molecule has 1 heterocycles. The summed E-state index contributed by atoms with van der Waals surface area (Å²) in [6.45, 7) is 7.37. The molecule has 4 heteroatoms. The maximum absolute atomic E-state index is 8.98. The summed E-state index contributed by atoms with van der Waals surface area (Å²) >= 11 is 0. The molecule has 2 rings (SSSR count). The molecule has 0 unspecified atom stereocenters. The summed E-state index contributed by atoms with van der Waals surface area (Å²) in [4.78, 5) is 6.30. The average Bonchev–Trinajstić information content (AvgIpc) is 2.84. The largest absolute Gasteiger partial charge is 0.415 e. The van der Waals surface area contributed by atoms with Crippen molar-refractivity contribution in [2.24, 2.45) is 0 Å². The van der Waals surface area contributed by atoms with Crippen LogP contribution in [0.1, 0.15) is 51.4 Å². The van der Waals surface area contributed by atoms with Crippen LogP contribution in [0, 0.1) is 0 Å². The van der Waals surface area contributed by atoms with Crippen LogP contribution in [0.3, 0.4) is 0 Å². The Bertz CT molecular complexity index is 332. The number of unbranched alkanes of at least 4 members (excludes halogenated alkanes) is 1. The van der Waals surface area contributed by atoms with Crippen molar-refractivity contribution in [3.05, 3.63) is 11.5 Å². The van der Waals surface area contributed by atoms with Gasteiger partial charge in [0.2, 0.25) is 0 Å². The summed E-state index contributed by atoms with van der Waals surface area (Å²) in [6, 6.07) is 1.04. The molecule has 1 N–H and O–H groups in total.